The number of benzene rings is 2. The maximum absolute atomic E-state index is 9.00. The van der Waals surface area contributed by atoms with Crippen molar-refractivity contribution in [2.24, 2.45) is 10.7 Å². The van der Waals surface area contributed by atoms with E-state index in [1.165, 1.54) is 0 Å². The van der Waals surface area contributed by atoms with Crippen LogP contribution in [0.3, 0.4) is 0 Å². The van der Waals surface area contributed by atoms with Crippen molar-refractivity contribution < 1.29 is 14.3 Å². The van der Waals surface area contributed by atoms with Gasteiger partial charge >= 0.3 is 0 Å². The zero-order valence-corrected chi connectivity index (χ0v) is 17.8. The minimum absolute atomic E-state index is 0.548. The smallest absolute Gasteiger partial charge is 0.300 e. The highest BCUT2D eigenvalue weighted by Gasteiger charge is 2.42. The first-order valence-corrected chi connectivity index (χ1v) is 10.1. The summed E-state index contributed by atoms with van der Waals surface area (Å²) in [4.78, 5) is 18.2. The molecule has 0 radical (unpaired) electrons. The average molecular weight is 425 g/mol. The van der Waals surface area contributed by atoms with Gasteiger partial charge in [0.15, 0.2) is 0 Å². The van der Waals surface area contributed by atoms with E-state index in [0.717, 1.165) is 46.3 Å². The third-order valence-electron chi connectivity index (χ3n) is 5.28. The van der Waals surface area contributed by atoms with Gasteiger partial charge in [0, 0.05) is 30.4 Å². The molecular formula is C26H23N3O3. The molecule has 0 fully saturated rings. The molecule has 2 aromatic carbocycles. The van der Waals surface area contributed by atoms with Crippen LogP contribution < -0.4 is 5.73 Å². The molecule has 5 rings (SSSR count). The van der Waals surface area contributed by atoms with Crippen LogP contribution in [0, 0.1) is 6.92 Å². The fourth-order valence-corrected chi connectivity index (χ4v) is 4.01. The van der Waals surface area contributed by atoms with Gasteiger partial charge in [0.25, 0.3) is 5.97 Å². The maximum Gasteiger partial charge on any atom is 0.300 e. The van der Waals surface area contributed by atoms with E-state index >= 15 is 0 Å². The molecular weight excluding hydrogens is 402 g/mol. The van der Waals surface area contributed by atoms with Crippen LogP contribution in [-0.4, -0.2) is 21.9 Å². The Kier molecular flexibility index (Phi) is 5.60. The van der Waals surface area contributed by atoms with Gasteiger partial charge in [0.1, 0.15) is 22.9 Å². The van der Waals surface area contributed by atoms with Crippen molar-refractivity contribution >= 4 is 11.8 Å². The van der Waals surface area contributed by atoms with Crippen LogP contribution in [0.5, 0.6) is 0 Å². The molecule has 0 spiro atoms. The Morgan fingerprint density at radius 2 is 1.69 bits per heavy atom. The number of amidine groups is 1. The molecule has 2 aromatic heterocycles. The van der Waals surface area contributed by atoms with Gasteiger partial charge in [-0.1, -0.05) is 42.5 Å². The summed E-state index contributed by atoms with van der Waals surface area (Å²) in [6.45, 7) is 3.03. The van der Waals surface area contributed by atoms with Crippen LogP contribution in [0.1, 0.15) is 34.9 Å². The van der Waals surface area contributed by atoms with Crippen LogP contribution in [0.2, 0.25) is 0 Å². The fourth-order valence-electron chi connectivity index (χ4n) is 4.01. The first kappa shape index (κ1) is 21.1. The van der Waals surface area contributed by atoms with Crippen LogP contribution in [0.25, 0.3) is 11.3 Å². The molecule has 6 heteroatoms. The number of carboxylic acid groups (broad SMARTS) is 1. The van der Waals surface area contributed by atoms with E-state index in [0.29, 0.717) is 5.84 Å². The van der Waals surface area contributed by atoms with Gasteiger partial charge in [0.05, 0.1) is 0 Å². The lowest BCUT2D eigenvalue weighted by Gasteiger charge is -2.29. The highest BCUT2D eigenvalue weighted by molar-refractivity contribution is 6.03. The van der Waals surface area contributed by atoms with Crippen molar-refractivity contribution in [1.29, 1.82) is 0 Å². The predicted molar refractivity (Wildman–Crippen MR) is 123 cm³/mol. The standard InChI is InChI=1S/C24H19N3O.C2H4O2/c1-16-9-10-22(28-16)17-5-4-6-19(15-17)24(18-11-13-26-14-12-18)21-8-3-2-7-20(21)23(25)27-24;1-2(3)4/h2-15H,1H3,(H2,25,27);1H3,(H,3,4). The van der Waals surface area contributed by atoms with Crippen molar-refractivity contribution in [1.82, 2.24) is 4.98 Å². The summed E-state index contributed by atoms with van der Waals surface area (Å²) in [6, 6.07) is 24.4. The van der Waals surface area contributed by atoms with Gasteiger partial charge in [-0.2, -0.15) is 0 Å². The largest absolute Gasteiger partial charge is 0.481 e. The molecule has 6 nitrogen and oxygen atoms in total. The van der Waals surface area contributed by atoms with Gasteiger partial charge in [-0.25, -0.2) is 4.99 Å². The molecule has 1 atom stereocenters. The number of hydrogen-bond donors (Lipinski definition) is 2. The van der Waals surface area contributed by atoms with Crippen LogP contribution in [-0.2, 0) is 10.3 Å². The number of furan rings is 1. The van der Waals surface area contributed by atoms with E-state index in [-0.39, 0.29) is 0 Å². The number of rotatable bonds is 3. The first-order valence-electron chi connectivity index (χ1n) is 10.1. The third-order valence-corrected chi connectivity index (χ3v) is 5.28. The molecule has 3 heterocycles. The molecule has 1 aliphatic rings. The third kappa shape index (κ3) is 3.78. The van der Waals surface area contributed by atoms with Crippen molar-refractivity contribution in [2.75, 3.05) is 0 Å². The second-order valence-corrected chi connectivity index (χ2v) is 7.50. The van der Waals surface area contributed by atoms with Gasteiger partial charge in [-0.05, 0) is 53.9 Å². The highest BCUT2D eigenvalue weighted by Crippen LogP contribution is 2.46. The molecule has 0 bridgehead atoms. The van der Waals surface area contributed by atoms with E-state index in [9.17, 15) is 0 Å². The predicted octanol–water partition coefficient (Wildman–Crippen LogP) is 4.75. The van der Waals surface area contributed by atoms with E-state index in [4.69, 9.17) is 25.0 Å². The summed E-state index contributed by atoms with van der Waals surface area (Å²) >= 11 is 0. The van der Waals surface area contributed by atoms with Crippen molar-refractivity contribution in [3.63, 3.8) is 0 Å². The molecule has 1 unspecified atom stereocenters. The molecule has 1 aliphatic heterocycles. The SMILES string of the molecule is CC(=O)O.Cc1ccc(-c2cccc(C3(c4ccncc4)N=C(N)c4ccccc43)c2)o1. The fraction of sp³-hybridized carbons (Fsp3) is 0.115. The monoisotopic (exact) mass is 425 g/mol. The lowest BCUT2D eigenvalue weighted by atomic mass is 9.77. The zero-order chi connectivity index (χ0) is 22.7. The van der Waals surface area contributed by atoms with E-state index in [1.807, 2.05) is 55.5 Å². The van der Waals surface area contributed by atoms with Gasteiger partial charge in [0.2, 0.25) is 0 Å². The summed E-state index contributed by atoms with van der Waals surface area (Å²) in [6.07, 6.45) is 3.59. The lowest BCUT2D eigenvalue weighted by molar-refractivity contribution is -0.134. The van der Waals surface area contributed by atoms with E-state index in [1.54, 1.807) is 12.4 Å². The number of fused-ring (bicyclic) bond motifs is 1. The summed E-state index contributed by atoms with van der Waals surface area (Å²) in [5.41, 5.74) is 10.8. The van der Waals surface area contributed by atoms with Gasteiger partial charge in [-0.15, -0.1) is 0 Å². The van der Waals surface area contributed by atoms with E-state index in [2.05, 4.69) is 29.2 Å². The van der Waals surface area contributed by atoms with Crippen molar-refractivity contribution in [2.45, 2.75) is 19.4 Å². The molecule has 0 saturated carbocycles. The molecule has 0 amide bonds. The van der Waals surface area contributed by atoms with Crippen molar-refractivity contribution in [3.8, 4) is 11.3 Å². The second kappa shape index (κ2) is 8.51. The summed E-state index contributed by atoms with van der Waals surface area (Å²) < 4.78 is 5.85. The molecule has 3 N–H and O–H groups in total. The second-order valence-electron chi connectivity index (χ2n) is 7.50. The molecule has 0 aliphatic carbocycles. The molecule has 160 valence electrons. The Morgan fingerprint density at radius 1 is 0.969 bits per heavy atom. The van der Waals surface area contributed by atoms with Crippen molar-refractivity contribution in [3.05, 3.63) is 113 Å². The average Bonchev–Trinajstić information content (AvgIpc) is 3.36. The first-order chi connectivity index (χ1) is 15.4. The quantitative estimate of drug-likeness (QED) is 0.493. The van der Waals surface area contributed by atoms with Gasteiger partial charge < -0.3 is 15.3 Å². The summed E-state index contributed by atoms with van der Waals surface area (Å²) in [7, 11) is 0. The number of nitrogens with zero attached hydrogens (tertiary/aromatic N) is 2. The number of aryl methyl sites for hydroxylation is 1. The number of pyridine rings is 1. The number of carbonyl (C=O) groups is 1. The Morgan fingerprint density at radius 3 is 2.38 bits per heavy atom. The Bertz CT molecular complexity index is 1290. The molecule has 4 aromatic rings. The molecule has 32 heavy (non-hydrogen) atoms. The van der Waals surface area contributed by atoms with Crippen LogP contribution in [0.4, 0.5) is 0 Å². The minimum Gasteiger partial charge on any atom is -0.481 e. The number of nitrogens with two attached hydrogens (primary N) is 1. The lowest BCUT2D eigenvalue weighted by Crippen LogP contribution is -2.25. The number of aliphatic imine (C=N–C) groups is 1. The maximum atomic E-state index is 9.00. The number of carboxylic acids is 1. The number of aromatic nitrogens is 1. The Balaban J connectivity index is 0.000000567. The van der Waals surface area contributed by atoms with Crippen LogP contribution >= 0.6 is 0 Å². The van der Waals surface area contributed by atoms with Crippen LogP contribution in [0.15, 0.2) is 94.6 Å². The Labute approximate surface area is 186 Å². The van der Waals surface area contributed by atoms with Gasteiger partial charge in [-0.3, -0.25) is 9.78 Å². The molecule has 0 saturated heterocycles. The normalized spacial score (nSPS) is 16.5. The highest BCUT2D eigenvalue weighted by atomic mass is 16.4. The number of hydrogen-bond acceptors (Lipinski definition) is 5. The topological polar surface area (TPSA) is 102 Å². The minimum atomic E-state index is -0.833. The Hall–Kier alpha value is -4.19. The summed E-state index contributed by atoms with van der Waals surface area (Å²) in [5.74, 6) is 1.44. The zero-order valence-electron chi connectivity index (χ0n) is 17.8. The summed E-state index contributed by atoms with van der Waals surface area (Å²) in [5, 5.41) is 7.42. The van der Waals surface area contributed by atoms with E-state index < -0.39 is 11.5 Å². The number of aliphatic carboxylic acids is 1.